The lowest BCUT2D eigenvalue weighted by Gasteiger charge is -2.27. The number of para-hydroxylation sites is 1. The summed E-state index contributed by atoms with van der Waals surface area (Å²) in [7, 11) is 1.55. The molecule has 1 heterocycles. The van der Waals surface area contributed by atoms with Crippen molar-refractivity contribution in [3.8, 4) is 0 Å². The first kappa shape index (κ1) is 22.6. The number of ether oxygens (including phenoxy) is 1. The average molecular weight is 456 g/mol. The van der Waals surface area contributed by atoms with Crippen molar-refractivity contribution in [2.75, 3.05) is 23.5 Å². The Balaban J connectivity index is 1.94. The summed E-state index contributed by atoms with van der Waals surface area (Å²) in [6, 6.07) is 11.6. The highest BCUT2D eigenvalue weighted by Gasteiger charge is 2.43. The zero-order valence-corrected chi connectivity index (χ0v) is 18.2. The molecular weight excluding hydrogens is 433 g/mol. The van der Waals surface area contributed by atoms with Crippen LogP contribution in [0, 0.1) is 5.92 Å². The van der Waals surface area contributed by atoms with Crippen molar-refractivity contribution in [1.29, 1.82) is 0 Å². The molecule has 172 valence electrons. The monoisotopic (exact) mass is 456 g/mol. The molecule has 0 fully saturated rings. The molecule has 1 aliphatic heterocycles. The van der Waals surface area contributed by atoms with Gasteiger partial charge in [-0.05, 0) is 55.3 Å². The van der Waals surface area contributed by atoms with E-state index in [-0.39, 0.29) is 17.9 Å². The van der Waals surface area contributed by atoms with Gasteiger partial charge in [0.15, 0.2) is 0 Å². The van der Waals surface area contributed by atoms with Gasteiger partial charge in [0.1, 0.15) is 5.92 Å². The molecular formula is C25H23F3N2O3. The van der Waals surface area contributed by atoms with E-state index >= 15 is 0 Å². The number of methoxy groups -OCH3 is 1. The highest BCUT2D eigenvalue weighted by atomic mass is 19.4. The molecule has 0 bridgehead atoms. The largest absolute Gasteiger partial charge is 0.501 e. The predicted molar refractivity (Wildman–Crippen MR) is 119 cm³/mol. The van der Waals surface area contributed by atoms with Crippen molar-refractivity contribution in [3.63, 3.8) is 0 Å². The third-order valence-electron chi connectivity index (χ3n) is 5.92. The molecule has 0 spiro atoms. The summed E-state index contributed by atoms with van der Waals surface area (Å²) in [5.74, 6) is -1.45. The minimum atomic E-state index is -4.60. The molecule has 1 atom stereocenters. The Morgan fingerprint density at radius 2 is 1.70 bits per heavy atom. The van der Waals surface area contributed by atoms with Crippen LogP contribution in [-0.4, -0.2) is 25.5 Å². The number of fused-ring (bicyclic) bond motifs is 1. The average Bonchev–Trinajstić information content (AvgIpc) is 2.90. The molecule has 0 N–H and O–H groups in total. The lowest BCUT2D eigenvalue weighted by atomic mass is 9.89. The number of carbonyl (C=O) groups is 2. The van der Waals surface area contributed by atoms with Gasteiger partial charge in [0.05, 0.1) is 29.8 Å². The van der Waals surface area contributed by atoms with Crippen LogP contribution >= 0.6 is 0 Å². The molecule has 2 aliphatic rings. The van der Waals surface area contributed by atoms with Gasteiger partial charge in [0.25, 0.3) is 0 Å². The Bertz CT molecular complexity index is 1140. The summed E-state index contributed by atoms with van der Waals surface area (Å²) in [5.41, 5.74) is 0.405. The van der Waals surface area contributed by atoms with Gasteiger partial charge in [-0.15, -0.1) is 0 Å². The maximum absolute atomic E-state index is 13.9. The van der Waals surface area contributed by atoms with Crippen molar-refractivity contribution in [2.45, 2.75) is 25.9 Å². The van der Waals surface area contributed by atoms with Gasteiger partial charge < -0.3 is 9.64 Å². The van der Waals surface area contributed by atoms with E-state index in [1.54, 1.807) is 56.5 Å². The summed E-state index contributed by atoms with van der Waals surface area (Å²) in [6.07, 6.45) is -0.201. The lowest BCUT2D eigenvalue weighted by molar-refractivity contribution is -0.137. The quantitative estimate of drug-likeness (QED) is 0.563. The molecule has 2 aromatic carbocycles. The minimum Gasteiger partial charge on any atom is -0.501 e. The van der Waals surface area contributed by atoms with E-state index in [0.717, 1.165) is 17.9 Å². The molecule has 1 aliphatic carbocycles. The summed E-state index contributed by atoms with van der Waals surface area (Å²) < 4.78 is 46.0. The predicted octanol–water partition coefficient (Wildman–Crippen LogP) is 5.60. The first-order valence-corrected chi connectivity index (χ1v) is 10.6. The van der Waals surface area contributed by atoms with Crippen LogP contribution in [0.15, 0.2) is 72.0 Å². The first-order valence-electron chi connectivity index (χ1n) is 10.6. The number of carbonyl (C=O) groups excluding carboxylic acids is 2. The Morgan fingerprint density at radius 3 is 2.27 bits per heavy atom. The summed E-state index contributed by atoms with van der Waals surface area (Å²) in [4.78, 5) is 30.1. The van der Waals surface area contributed by atoms with E-state index in [1.165, 1.54) is 15.9 Å². The second kappa shape index (κ2) is 8.77. The lowest BCUT2D eigenvalue weighted by Crippen LogP contribution is -2.42. The van der Waals surface area contributed by atoms with Gasteiger partial charge in [0.2, 0.25) is 11.8 Å². The maximum Gasteiger partial charge on any atom is 0.416 e. The SMILES string of the molecule is CCN1C(=O)C(C2=CC=C(OC)CC2)C(=O)N(c2ccccc2)c2cc(C(F)(F)F)ccc21. The zero-order chi connectivity index (χ0) is 23.8. The highest BCUT2D eigenvalue weighted by molar-refractivity contribution is 6.21. The van der Waals surface area contributed by atoms with Crippen molar-refractivity contribution in [3.05, 3.63) is 77.6 Å². The summed E-state index contributed by atoms with van der Waals surface area (Å²) in [6.45, 7) is 1.94. The van der Waals surface area contributed by atoms with Gasteiger partial charge in [-0.25, -0.2) is 0 Å². The number of halogens is 3. The van der Waals surface area contributed by atoms with Crippen LogP contribution in [0.1, 0.15) is 25.3 Å². The third-order valence-corrected chi connectivity index (χ3v) is 5.92. The van der Waals surface area contributed by atoms with Gasteiger partial charge >= 0.3 is 6.18 Å². The molecule has 0 saturated carbocycles. The maximum atomic E-state index is 13.9. The molecule has 2 amide bonds. The number of allylic oxidation sites excluding steroid dienone is 3. The van der Waals surface area contributed by atoms with Crippen LogP contribution in [0.25, 0.3) is 0 Å². The van der Waals surface area contributed by atoms with Crippen LogP contribution in [0.3, 0.4) is 0 Å². The van der Waals surface area contributed by atoms with Crippen LogP contribution in [0.5, 0.6) is 0 Å². The van der Waals surface area contributed by atoms with E-state index in [9.17, 15) is 22.8 Å². The van der Waals surface area contributed by atoms with E-state index in [1.807, 2.05) is 0 Å². The standard InChI is InChI=1S/C25H23F3N2O3/c1-3-29-20-14-11-17(25(26,27)28)15-21(20)30(18-7-5-4-6-8-18)24(32)22(23(29)31)16-9-12-19(33-2)13-10-16/h4-9,11-12,14-15,22H,3,10,13H2,1-2H3. The van der Waals surface area contributed by atoms with Gasteiger partial charge in [-0.2, -0.15) is 13.2 Å². The zero-order valence-electron chi connectivity index (χ0n) is 18.2. The Labute approximate surface area is 189 Å². The smallest absolute Gasteiger partial charge is 0.416 e. The number of hydrogen-bond donors (Lipinski definition) is 0. The van der Waals surface area contributed by atoms with Crippen molar-refractivity contribution < 1.29 is 27.5 Å². The number of alkyl halides is 3. The molecule has 2 aromatic rings. The van der Waals surface area contributed by atoms with E-state index in [2.05, 4.69) is 0 Å². The van der Waals surface area contributed by atoms with Crippen LogP contribution in [0.4, 0.5) is 30.2 Å². The second-order valence-electron chi connectivity index (χ2n) is 7.80. The van der Waals surface area contributed by atoms with Gasteiger partial charge in [-0.3, -0.25) is 14.5 Å². The summed E-state index contributed by atoms with van der Waals surface area (Å²) in [5, 5.41) is 0. The topological polar surface area (TPSA) is 49.9 Å². The van der Waals surface area contributed by atoms with E-state index < -0.39 is 29.5 Å². The summed E-state index contributed by atoms with van der Waals surface area (Å²) >= 11 is 0. The van der Waals surface area contributed by atoms with E-state index in [0.29, 0.717) is 24.1 Å². The molecule has 1 unspecified atom stereocenters. The fourth-order valence-electron chi connectivity index (χ4n) is 4.27. The molecule has 4 rings (SSSR count). The third kappa shape index (κ3) is 4.13. The van der Waals surface area contributed by atoms with Crippen molar-refractivity contribution in [2.24, 2.45) is 5.92 Å². The normalized spacial score (nSPS) is 19.0. The number of benzene rings is 2. The number of anilines is 3. The van der Waals surface area contributed by atoms with Crippen LogP contribution < -0.4 is 9.80 Å². The van der Waals surface area contributed by atoms with Crippen LogP contribution in [-0.2, 0) is 20.5 Å². The van der Waals surface area contributed by atoms with Gasteiger partial charge in [0, 0.05) is 18.7 Å². The molecule has 0 saturated heterocycles. The minimum absolute atomic E-state index is 0.0308. The van der Waals surface area contributed by atoms with Crippen molar-refractivity contribution >= 4 is 28.9 Å². The number of nitrogens with zero attached hydrogens (tertiary/aromatic N) is 2. The second-order valence-corrected chi connectivity index (χ2v) is 7.80. The highest BCUT2D eigenvalue weighted by Crippen LogP contribution is 2.44. The fraction of sp³-hybridized carbons (Fsp3) is 0.280. The Kier molecular flexibility index (Phi) is 6.01. The molecule has 0 radical (unpaired) electrons. The Morgan fingerprint density at radius 1 is 0.970 bits per heavy atom. The molecule has 0 aromatic heterocycles. The first-order chi connectivity index (χ1) is 15.8. The molecule has 8 heteroatoms. The van der Waals surface area contributed by atoms with Crippen molar-refractivity contribution in [1.82, 2.24) is 0 Å². The van der Waals surface area contributed by atoms with Crippen LogP contribution in [0.2, 0.25) is 0 Å². The fourth-order valence-corrected chi connectivity index (χ4v) is 4.27. The number of amides is 2. The van der Waals surface area contributed by atoms with E-state index in [4.69, 9.17) is 4.74 Å². The molecule has 5 nitrogen and oxygen atoms in total. The number of hydrogen-bond acceptors (Lipinski definition) is 3. The number of rotatable bonds is 4. The Hall–Kier alpha value is -3.55. The van der Waals surface area contributed by atoms with Gasteiger partial charge in [-0.1, -0.05) is 24.3 Å². The molecule has 33 heavy (non-hydrogen) atoms.